The van der Waals surface area contributed by atoms with Crippen molar-refractivity contribution in [2.75, 3.05) is 6.54 Å². The number of rotatable bonds is 6. The SMILES string of the molecule is Cc1ncc(CNCCCC(N)=O)[nH]1. The van der Waals surface area contributed by atoms with Crippen molar-refractivity contribution >= 4 is 5.91 Å². The Labute approximate surface area is 83.1 Å². The smallest absolute Gasteiger partial charge is 0.217 e. The molecule has 0 saturated heterocycles. The van der Waals surface area contributed by atoms with Crippen molar-refractivity contribution in [1.82, 2.24) is 15.3 Å². The number of amides is 1. The van der Waals surface area contributed by atoms with Gasteiger partial charge in [0.15, 0.2) is 0 Å². The van der Waals surface area contributed by atoms with Crippen LogP contribution in [-0.4, -0.2) is 22.4 Å². The Hall–Kier alpha value is -1.36. The van der Waals surface area contributed by atoms with E-state index in [1.54, 1.807) is 6.20 Å². The number of nitrogens with two attached hydrogens (primary N) is 1. The Bertz CT molecular complexity index is 295. The summed E-state index contributed by atoms with van der Waals surface area (Å²) in [4.78, 5) is 17.6. The fourth-order valence-corrected chi connectivity index (χ4v) is 1.17. The number of H-pyrrole nitrogens is 1. The molecular weight excluding hydrogens is 180 g/mol. The lowest BCUT2D eigenvalue weighted by atomic mass is 10.3. The molecule has 0 fully saturated rings. The van der Waals surface area contributed by atoms with Gasteiger partial charge in [-0.2, -0.15) is 0 Å². The van der Waals surface area contributed by atoms with E-state index < -0.39 is 0 Å². The molecule has 0 aromatic carbocycles. The fourth-order valence-electron chi connectivity index (χ4n) is 1.17. The number of carbonyl (C=O) groups excluding carboxylic acids is 1. The first kappa shape index (κ1) is 10.7. The number of aromatic nitrogens is 2. The van der Waals surface area contributed by atoms with Gasteiger partial charge in [0.25, 0.3) is 0 Å². The highest BCUT2D eigenvalue weighted by molar-refractivity contribution is 5.73. The molecule has 0 saturated carbocycles. The lowest BCUT2D eigenvalue weighted by molar-refractivity contribution is -0.118. The average Bonchev–Trinajstić information content (AvgIpc) is 2.50. The lowest BCUT2D eigenvalue weighted by Gasteiger charge is -2.00. The molecule has 1 amide bonds. The fraction of sp³-hybridized carbons (Fsp3) is 0.556. The molecule has 0 aliphatic heterocycles. The predicted molar refractivity (Wildman–Crippen MR) is 53.5 cm³/mol. The quantitative estimate of drug-likeness (QED) is 0.563. The Kier molecular flexibility index (Phi) is 4.12. The van der Waals surface area contributed by atoms with E-state index in [-0.39, 0.29) is 5.91 Å². The monoisotopic (exact) mass is 196 g/mol. The topological polar surface area (TPSA) is 83.8 Å². The van der Waals surface area contributed by atoms with Crippen LogP contribution in [0.3, 0.4) is 0 Å². The third-order valence-corrected chi connectivity index (χ3v) is 1.85. The summed E-state index contributed by atoms with van der Waals surface area (Å²) in [6.07, 6.45) is 3.02. The van der Waals surface area contributed by atoms with Crippen molar-refractivity contribution in [3.8, 4) is 0 Å². The summed E-state index contributed by atoms with van der Waals surface area (Å²) in [5.74, 6) is 0.670. The molecule has 1 heterocycles. The molecule has 1 aromatic heterocycles. The molecular formula is C9H16N4O. The largest absolute Gasteiger partial charge is 0.370 e. The van der Waals surface area contributed by atoms with Crippen LogP contribution >= 0.6 is 0 Å². The van der Waals surface area contributed by atoms with Crippen molar-refractivity contribution in [3.63, 3.8) is 0 Å². The van der Waals surface area contributed by atoms with Crippen molar-refractivity contribution in [3.05, 3.63) is 17.7 Å². The van der Waals surface area contributed by atoms with Crippen LogP contribution in [0.15, 0.2) is 6.20 Å². The van der Waals surface area contributed by atoms with Crippen molar-refractivity contribution in [2.45, 2.75) is 26.3 Å². The van der Waals surface area contributed by atoms with E-state index in [2.05, 4.69) is 15.3 Å². The van der Waals surface area contributed by atoms with Crippen molar-refractivity contribution in [2.24, 2.45) is 5.73 Å². The number of imidazole rings is 1. The maximum absolute atomic E-state index is 10.4. The minimum atomic E-state index is -0.246. The highest BCUT2D eigenvalue weighted by Crippen LogP contribution is 1.94. The molecule has 0 atom stereocenters. The van der Waals surface area contributed by atoms with Gasteiger partial charge in [-0.25, -0.2) is 4.98 Å². The number of nitrogens with one attached hydrogen (secondary N) is 2. The van der Waals surface area contributed by atoms with Gasteiger partial charge in [-0.15, -0.1) is 0 Å². The molecule has 0 aliphatic carbocycles. The second-order valence-corrected chi connectivity index (χ2v) is 3.24. The number of nitrogens with zero attached hydrogens (tertiary/aromatic N) is 1. The Morgan fingerprint density at radius 2 is 2.50 bits per heavy atom. The molecule has 0 unspecified atom stereocenters. The van der Waals surface area contributed by atoms with Gasteiger partial charge in [0, 0.05) is 24.9 Å². The molecule has 0 bridgehead atoms. The standard InChI is InChI=1S/C9H16N4O/c1-7-12-6-8(13-7)5-11-4-2-3-9(10)14/h6,11H,2-5H2,1H3,(H2,10,14)(H,12,13). The molecule has 5 heteroatoms. The molecule has 0 spiro atoms. The van der Waals surface area contributed by atoms with Crippen LogP contribution in [0.5, 0.6) is 0 Å². The van der Waals surface area contributed by atoms with Gasteiger partial charge in [-0.3, -0.25) is 4.79 Å². The van der Waals surface area contributed by atoms with E-state index in [9.17, 15) is 4.79 Å². The number of primary amides is 1. The second-order valence-electron chi connectivity index (χ2n) is 3.24. The summed E-state index contributed by atoms with van der Waals surface area (Å²) in [7, 11) is 0. The highest BCUT2D eigenvalue weighted by Gasteiger charge is 1.96. The first-order valence-electron chi connectivity index (χ1n) is 4.68. The zero-order valence-corrected chi connectivity index (χ0v) is 8.34. The minimum Gasteiger partial charge on any atom is -0.370 e. The summed E-state index contributed by atoms with van der Waals surface area (Å²) in [6, 6.07) is 0. The molecule has 1 rings (SSSR count). The summed E-state index contributed by atoms with van der Waals surface area (Å²) in [5, 5.41) is 3.19. The number of aryl methyl sites for hydroxylation is 1. The van der Waals surface area contributed by atoms with Gasteiger partial charge in [-0.05, 0) is 19.9 Å². The van der Waals surface area contributed by atoms with Gasteiger partial charge in [0.05, 0.1) is 0 Å². The predicted octanol–water partition coefficient (Wildman–Crippen LogP) is 0.0732. The maximum Gasteiger partial charge on any atom is 0.217 e. The third kappa shape index (κ3) is 4.04. The Morgan fingerprint density at radius 3 is 3.07 bits per heavy atom. The molecule has 0 aliphatic rings. The van der Waals surface area contributed by atoms with Crippen LogP contribution in [0.2, 0.25) is 0 Å². The molecule has 0 radical (unpaired) electrons. The molecule has 5 nitrogen and oxygen atoms in total. The average molecular weight is 196 g/mol. The van der Waals surface area contributed by atoms with Crippen LogP contribution in [0.4, 0.5) is 0 Å². The normalized spacial score (nSPS) is 10.4. The zero-order chi connectivity index (χ0) is 10.4. The maximum atomic E-state index is 10.4. The van der Waals surface area contributed by atoms with Crippen LogP contribution in [0.25, 0.3) is 0 Å². The minimum absolute atomic E-state index is 0.246. The van der Waals surface area contributed by atoms with Crippen LogP contribution in [-0.2, 0) is 11.3 Å². The Morgan fingerprint density at radius 1 is 1.71 bits per heavy atom. The molecule has 78 valence electrons. The van der Waals surface area contributed by atoms with E-state index in [4.69, 9.17) is 5.73 Å². The van der Waals surface area contributed by atoms with Gasteiger partial charge in [0.1, 0.15) is 5.82 Å². The molecule has 1 aromatic rings. The number of hydrogen-bond acceptors (Lipinski definition) is 3. The van der Waals surface area contributed by atoms with Gasteiger partial charge >= 0.3 is 0 Å². The molecule has 4 N–H and O–H groups in total. The van der Waals surface area contributed by atoms with E-state index >= 15 is 0 Å². The summed E-state index contributed by atoms with van der Waals surface area (Å²) >= 11 is 0. The second kappa shape index (κ2) is 5.39. The molecule has 14 heavy (non-hydrogen) atoms. The number of hydrogen-bond donors (Lipinski definition) is 3. The van der Waals surface area contributed by atoms with E-state index in [1.807, 2.05) is 6.92 Å². The van der Waals surface area contributed by atoms with Gasteiger partial charge in [0.2, 0.25) is 5.91 Å². The van der Waals surface area contributed by atoms with Crippen molar-refractivity contribution in [1.29, 1.82) is 0 Å². The summed E-state index contributed by atoms with van der Waals surface area (Å²) in [6.45, 7) is 3.46. The zero-order valence-electron chi connectivity index (χ0n) is 8.34. The van der Waals surface area contributed by atoms with Crippen LogP contribution in [0.1, 0.15) is 24.4 Å². The van der Waals surface area contributed by atoms with Crippen molar-refractivity contribution < 1.29 is 4.79 Å². The van der Waals surface area contributed by atoms with Gasteiger partial charge in [-0.1, -0.05) is 0 Å². The first-order chi connectivity index (χ1) is 6.68. The van der Waals surface area contributed by atoms with Crippen LogP contribution in [0, 0.1) is 6.92 Å². The number of carbonyl (C=O) groups is 1. The van der Waals surface area contributed by atoms with Gasteiger partial charge < -0.3 is 16.0 Å². The van der Waals surface area contributed by atoms with E-state index in [0.717, 1.165) is 31.0 Å². The lowest BCUT2D eigenvalue weighted by Crippen LogP contribution is -2.18. The summed E-state index contributed by atoms with van der Waals surface area (Å²) in [5.41, 5.74) is 6.06. The summed E-state index contributed by atoms with van der Waals surface area (Å²) < 4.78 is 0. The number of aromatic amines is 1. The third-order valence-electron chi connectivity index (χ3n) is 1.85. The van der Waals surface area contributed by atoms with E-state index in [0.29, 0.717) is 6.42 Å². The van der Waals surface area contributed by atoms with E-state index in [1.165, 1.54) is 0 Å². The Balaban J connectivity index is 2.07. The highest BCUT2D eigenvalue weighted by atomic mass is 16.1. The first-order valence-corrected chi connectivity index (χ1v) is 4.68. The van der Waals surface area contributed by atoms with Crippen LogP contribution < -0.4 is 11.1 Å².